The van der Waals surface area contributed by atoms with Crippen LogP contribution in [0, 0.1) is 5.92 Å². The van der Waals surface area contributed by atoms with E-state index < -0.39 is 0 Å². The highest BCUT2D eigenvalue weighted by molar-refractivity contribution is 5.86. The predicted octanol–water partition coefficient (Wildman–Crippen LogP) is 1.23. The van der Waals surface area contributed by atoms with Crippen molar-refractivity contribution in [1.82, 2.24) is 4.90 Å². The van der Waals surface area contributed by atoms with Gasteiger partial charge in [-0.25, -0.2) is 0 Å². The minimum Gasteiger partial charge on any atom is -0.497 e. The Morgan fingerprint density at radius 1 is 1.29 bits per heavy atom. The van der Waals surface area contributed by atoms with Gasteiger partial charge < -0.3 is 19.1 Å². The Balaban J connectivity index is 2.11. The van der Waals surface area contributed by atoms with Gasteiger partial charge in [-0.3, -0.25) is 9.59 Å². The first-order valence-corrected chi connectivity index (χ1v) is 6.65. The number of methoxy groups -OCH3 is 3. The maximum atomic E-state index is 12.0. The topological polar surface area (TPSA) is 65.1 Å². The van der Waals surface area contributed by atoms with Crippen molar-refractivity contribution in [1.29, 1.82) is 0 Å². The van der Waals surface area contributed by atoms with E-state index >= 15 is 0 Å². The smallest absolute Gasteiger partial charge is 0.310 e. The second kappa shape index (κ2) is 6.47. The zero-order valence-corrected chi connectivity index (χ0v) is 12.4. The molecular weight excluding hydrogens is 274 g/mol. The summed E-state index contributed by atoms with van der Waals surface area (Å²) in [6.45, 7) is 0.778. The normalized spacial score (nSPS) is 17.8. The molecule has 0 N–H and O–H groups in total. The summed E-state index contributed by atoms with van der Waals surface area (Å²) in [4.78, 5) is 25.2. The van der Waals surface area contributed by atoms with Crippen LogP contribution in [0.5, 0.6) is 11.5 Å². The van der Waals surface area contributed by atoms with E-state index in [1.54, 1.807) is 25.2 Å². The van der Waals surface area contributed by atoms with E-state index in [0.717, 1.165) is 5.56 Å². The number of esters is 1. The molecule has 0 aromatic heterocycles. The van der Waals surface area contributed by atoms with Gasteiger partial charge in [-0.05, 0) is 12.1 Å². The molecule has 0 spiro atoms. The molecule has 1 atom stereocenters. The van der Waals surface area contributed by atoms with Crippen LogP contribution >= 0.6 is 0 Å². The summed E-state index contributed by atoms with van der Waals surface area (Å²) in [6.07, 6.45) is 0.200. The number of hydrogen-bond donors (Lipinski definition) is 0. The lowest BCUT2D eigenvalue weighted by atomic mass is 10.1. The minimum absolute atomic E-state index is 0.0525. The number of hydrogen-bond acceptors (Lipinski definition) is 5. The number of likely N-dealkylation sites (tertiary alicyclic amines) is 1. The standard InChI is InChI=1S/C15H19NO5/c1-19-12-5-4-10(13(7-12)20-2)8-16-9-11(6-14(16)17)15(18)21-3/h4-5,7,11H,6,8-9H2,1-3H3/t11-/m0/s1. The van der Waals surface area contributed by atoms with Crippen LogP contribution in [0.4, 0.5) is 0 Å². The van der Waals surface area contributed by atoms with E-state index in [1.165, 1.54) is 7.11 Å². The highest BCUT2D eigenvalue weighted by Gasteiger charge is 2.35. The Morgan fingerprint density at radius 2 is 2.05 bits per heavy atom. The molecule has 1 heterocycles. The first-order chi connectivity index (χ1) is 10.1. The van der Waals surface area contributed by atoms with Gasteiger partial charge >= 0.3 is 5.97 Å². The van der Waals surface area contributed by atoms with Crippen molar-refractivity contribution in [3.8, 4) is 11.5 Å². The van der Waals surface area contributed by atoms with Crippen LogP contribution in [0.25, 0.3) is 0 Å². The zero-order chi connectivity index (χ0) is 15.4. The molecule has 6 heteroatoms. The lowest BCUT2D eigenvalue weighted by Crippen LogP contribution is -2.26. The van der Waals surface area contributed by atoms with Crippen molar-refractivity contribution in [3.63, 3.8) is 0 Å². The van der Waals surface area contributed by atoms with E-state index in [9.17, 15) is 9.59 Å². The summed E-state index contributed by atoms with van der Waals surface area (Å²) in [5.74, 6) is 0.571. The van der Waals surface area contributed by atoms with Gasteiger partial charge in [0.05, 0.1) is 27.2 Å². The highest BCUT2D eigenvalue weighted by Crippen LogP contribution is 2.28. The van der Waals surface area contributed by atoms with Crippen LogP contribution in [0.2, 0.25) is 0 Å². The molecule has 1 aliphatic heterocycles. The first-order valence-electron chi connectivity index (χ1n) is 6.65. The van der Waals surface area contributed by atoms with Crippen molar-refractivity contribution < 1.29 is 23.8 Å². The molecule has 1 aromatic carbocycles. The van der Waals surface area contributed by atoms with Crippen LogP contribution in [-0.2, 0) is 20.9 Å². The molecule has 6 nitrogen and oxygen atoms in total. The summed E-state index contributed by atoms with van der Waals surface area (Å²) in [5.41, 5.74) is 0.872. The second-order valence-electron chi connectivity index (χ2n) is 4.88. The van der Waals surface area contributed by atoms with Crippen molar-refractivity contribution in [2.45, 2.75) is 13.0 Å². The van der Waals surface area contributed by atoms with E-state index in [4.69, 9.17) is 14.2 Å². The molecule has 21 heavy (non-hydrogen) atoms. The molecule has 2 rings (SSSR count). The van der Waals surface area contributed by atoms with Gasteiger partial charge in [0.2, 0.25) is 5.91 Å². The maximum absolute atomic E-state index is 12.0. The van der Waals surface area contributed by atoms with Crippen molar-refractivity contribution in [3.05, 3.63) is 23.8 Å². The zero-order valence-electron chi connectivity index (χ0n) is 12.4. The van der Waals surface area contributed by atoms with Gasteiger partial charge in [-0.1, -0.05) is 0 Å². The van der Waals surface area contributed by atoms with E-state index in [0.29, 0.717) is 24.6 Å². The third kappa shape index (κ3) is 3.26. The van der Waals surface area contributed by atoms with E-state index in [2.05, 4.69) is 0 Å². The van der Waals surface area contributed by atoms with E-state index in [1.807, 2.05) is 12.1 Å². The SMILES string of the molecule is COC(=O)[C@H]1CC(=O)N(Cc2ccc(OC)cc2OC)C1. The molecular formula is C15H19NO5. The first kappa shape index (κ1) is 15.2. The average Bonchev–Trinajstić information content (AvgIpc) is 2.88. The number of ether oxygens (including phenoxy) is 3. The number of rotatable bonds is 5. The fraction of sp³-hybridized carbons (Fsp3) is 0.467. The molecule has 1 amide bonds. The number of carbonyl (C=O) groups is 2. The molecule has 114 valence electrons. The van der Waals surface area contributed by atoms with Crippen LogP contribution in [0.3, 0.4) is 0 Å². The molecule has 0 aliphatic carbocycles. The number of amides is 1. The number of carbonyl (C=O) groups excluding carboxylic acids is 2. The Labute approximate surface area is 123 Å². The molecule has 0 radical (unpaired) electrons. The van der Waals surface area contributed by atoms with Crippen LogP contribution in [0.15, 0.2) is 18.2 Å². The van der Waals surface area contributed by atoms with Crippen LogP contribution < -0.4 is 9.47 Å². The van der Waals surface area contributed by atoms with Gasteiger partial charge in [-0.2, -0.15) is 0 Å². The van der Waals surface area contributed by atoms with Crippen molar-refractivity contribution in [2.24, 2.45) is 5.92 Å². The summed E-state index contributed by atoms with van der Waals surface area (Å²) in [7, 11) is 4.49. The fourth-order valence-electron chi connectivity index (χ4n) is 2.44. The third-order valence-electron chi connectivity index (χ3n) is 3.60. The van der Waals surface area contributed by atoms with Crippen molar-refractivity contribution >= 4 is 11.9 Å². The van der Waals surface area contributed by atoms with Crippen LogP contribution in [0.1, 0.15) is 12.0 Å². The molecule has 1 fully saturated rings. The summed E-state index contributed by atoms with van der Waals surface area (Å²) in [6, 6.07) is 5.44. The van der Waals surface area contributed by atoms with Gasteiger partial charge in [0, 0.05) is 31.1 Å². The maximum Gasteiger partial charge on any atom is 0.310 e. The van der Waals surface area contributed by atoms with Gasteiger partial charge in [-0.15, -0.1) is 0 Å². The highest BCUT2D eigenvalue weighted by atomic mass is 16.5. The fourth-order valence-corrected chi connectivity index (χ4v) is 2.44. The predicted molar refractivity (Wildman–Crippen MR) is 75.1 cm³/mol. The third-order valence-corrected chi connectivity index (χ3v) is 3.60. The summed E-state index contributed by atoms with van der Waals surface area (Å²) >= 11 is 0. The monoisotopic (exact) mass is 293 g/mol. The molecule has 0 saturated carbocycles. The summed E-state index contributed by atoms with van der Waals surface area (Å²) in [5, 5.41) is 0. The van der Waals surface area contributed by atoms with Gasteiger partial charge in [0.1, 0.15) is 11.5 Å². The van der Waals surface area contributed by atoms with Gasteiger partial charge in [0.15, 0.2) is 0 Å². The van der Waals surface area contributed by atoms with Crippen LogP contribution in [-0.4, -0.2) is 44.7 Å². The molecule has 1 aliphatic rings. The minimum atomic E-state index is -0.383. The number of benzene rings is 1. The molecule has 1 aromatic rings. The summed E-state index contributed by atoms with van der Waals surface area (Å²) < 4.78 is 15.2. The molecule has 1 saturated heterocycles. The Bertz CT molecular complexity index is 543. The van der Waals surface area contributed by atoms with E-state index in [-0.39, 0.29) is 24.2 Å². The van der Waals surface area contributed by atoms with Crippen molar-refractivity contribution in [2.75, 3.05) is 27.9 Å². The largest absolute Gasteiger partial charge is 0.497 e. The average molecular weight is 293 g/mol. The Morgan fingerprint density at radius 3 is 2.67 bits per heavy atom. The number of nitrogens with zero attached hydrogens (tertiary/aromatic N) is 1. The lowest BCUT2D eigenvalue weighted by Gasteiger charge is -2.18. The quantitative estimate of drug-likeness (QED) is 0.764. The van der Waals surface area contributed by atoms with Gasteiger partial charge in [0.25, 0.3) is 0 Å². The lowest BCUT2D eigenvalue weighted by molar-refractivity contribution is -0.145. The Hall–Kier alpha value is -2.24. The Kier molecular flexibility index (Phi) is 4.67. The molecule has 0 bridgehead atoms. The second-order valence-corrected chi connectivity index (χ2v) is 4.88. The molecule has 0 unspecified atom stereocenters.